The first-order valence-electron chi connectivity index (χ1n) is 7.89. The summed E-state index contributed by atoms with van der Waals surface area (Å²) in [5.74, 6) is 3.61. The van der Waals surface area contributed by atoms with Crippen molar-refractivity contribution in [2.45, 2.75) is 63.8 Å². The fourth-order valence-electron chi connectivity index (χ4n) is 3.48. The van der Waals surface area contributed by atoms with Crippen LogP contribution in [0.5, 0.6) is 0 Å². The van der Waals surface area contributed by atoms with Gasteiger partial charge in [0.1, 0.15) is 0 Å². The van der Waals surface area contributed by atoms with Crippen molar-refractivity contribution in [3.63, 3.8) is 0 Å². The van der Waals surface area contributed by atoms with Crippen molar-refractivity contribution in [3.8, 4) is 0 Å². The molecule has 0 aromatic rings. The smallest absolute Gasteiger partial charge is 0.188 e. The van der Waals surface area contributed by atoms with Crippen molar-refractivity contribution in [1.29, 1.82) is 0 Å². The van der Waals surface area contributed by atoms with Crippen LogP contribution in [0.3, 0.4) is 0 Å². The van der Waals surface area contributed by atoms with Crippen molar-refractivity contribution in [2.24, 2.45) is 28.5 Å². The highest BCUT2D eigenvalue weighted by Gasteiger charge is 2.46. The maximum Gasteiger partial charge on any atom is 0.188 e. The lowest BCUT2D eigenvalue weighted by Crippen LogP contribution is -2.40. The van der Waals surface area contributed by atoms with Crippen LogP contribution in [-0.4, -0.2) is 18.5 Å². The first-order chi connectivity index (χ1) is 8.83. The minimum atomic E-state index is 0.578. The monoisotopic (exact) mass is 249 g/mol. The van der Waals surface area contributed by atoms with E-state index in [-0.39, 0.29) is 0 Å². The van der Waals surface area contributed by atoms with E-state index in [4.69, 9.17) is 5.73 Å². The third kappa shape index (κ3) is 3.39. The van der Waals surface area contributed by atoms with E-state index in [2.05, 4.69) is 10.3 Å². The predicted molar refractivity (Wildman–Crippen MR) is 75.4 cm³/mol. The van der Waals surface area contributed by atoms with Gasteiger partial charge < -0.3 is 11.1 Å². The molecule has 3 aliphatic carbocycles. The van der Waals surface area contributed by atoms with Gasteiger partial charge in [0.25, 0.3) is 0 Å². The lowest BCUT2D eigenvalue weighted by molar-refractivity contribution is 0.529. The van der Waals surface area contributed by atoms with Crippen LogP contribution in [0.2, 0.25) is 0 Å². The Hall–Kier alpha value is -0.730. The number of nitrogens with zero attached hydrogens (tertiary/aromatic N) is 1. The van der Waals surface area contributed by atoms with Gasteiger partial charge in [-0.25, -0.2) is 0 Å². The molecule has 0 spiro atoms. The summed E-state index contributed by atoms with van der Waals surface area (Å²) in [6.07, 6.45) is 12.4. The van der Waals surface area contributed by atoms with E-state index in [1.54, 1.807) is 0 Å². The van der Waals surface area contributed by atoms with E-state index in [1.807, 2.05) is 0 Å². The van der Waals surface area contributed by atoms with Crippen LogP contribution in [0.4, 0.5) is 0 Å². The van der Waals surface area contributed by atoms with Gasteiger partial charge in [-0.1, -0.05) is 25.7 Å². The minimum absolute atomic E-state index is 0.578. The molecule has 0 saturated heterocycles. The van der Waals surface area contributed by atoms with Crippen LogP contribution in [0.15, 0.2) is 4.99 Å². The Morgan fingerprint density at radius 3 is 2.44 bits per heavy atom. The van der Waals surface area contributed by atoms with E-state index in [0.717, 1.165) is 24.3 Å². The third-order valence-electron chi connectivity index (χ3n) is 4.91. The lowest BCUT2D eigenvalue weighted by atomic mass is 10.1. The Morgan fingerprint density at radius 1 is 1.06 bits per heavy atom. The second kappa shape index (κ2) is 5.50. The average Bonchev–Trinajstić information content (AvgIpc) is 3.19. The van der Waals surface area contributed by atoms with Crippen LogP contribution >= 0.6 is 0 Å². The minimum Gasteiger partial charge on any atom is -0.370 e. The number of hydrogen-bond donors (Lipinski definition) is 2. The topological polar surface area (TPSA) is 50.4 Å². The number of guanidine groups is 1. The molecule has 0 amide bonds. The Kier molecular flexibility index (Phi) is 3.76. The zero-order valence-electron chi connectivity index (χ0n) is 11.4. The molecule has 18 heavy (non-hydrogen) atoms. The summed E-state index contributed by atoms with van der Waals surface area (Å²) < 4.78 is 0. The van der Waals surface area contributed by atoms with Crippen molar-refractivity contribution >= 4 is 5.96 Å². The highest BCUT2D eigenvalue weighted by molar-refractivity contribution is 5.78. The van der Waals surface area contributed by atoms with Crippen LogP contribution in [0.1, 0.15) is 57.8 Å². The predicted octanol–water partition coefficient (Wildman–Crippen LogP) is 2.66. The summed E-state index contributed by atoms with van der Waals surface area (Å²) >= 11 is 0. The van der Waals surface area contributed by atoms with Crippen molar-refractivity contribution < 1.29 is 0 Å². The molecular weight excluding hydrogens is 222 g/mol. The zero-order chi connectivity index (χ0) is 12.4. The summed E-state index contributed by atoms with van der Waals surface area (Å²) in [7, 11) is 0. The number of nitrogens with two attached hydrogens (primary N) is 1. The maximum atomic E-state index is 6.01. The van der Waals surface area contributed by atoms with Crippen LogP contribution in [0, 0.1) is 17.8 Å². The first kappa shape index (κ1) is 12.3. The molecule has 0 radical (unpaired) electrons. The first-order valence-corrected chi connectivity index (χ1v) is 7.89. The van der Waals surface area contributed by atoms with E-state index >= 15 is 0 Å². The van der Waals surface area contributed by atoms with Gasteiger partial charge >= 0.3 is 0 Å². The van der Waals surface area contributed by atoms with Gasteiger partial charge in [-0.3, -0.25) is 4.99 Å². The highest BCUT2D eigenvalue weighted by atomic mass is 15.1. The van der Waals surface area contributed by atoms with Gasteiger partial charge in [0.05, 0.1) is 0 Å². The Labute approximate surface area is 111 Å². The van der Waals surface area contributed by atoms with Gasteiger partial charge in [-0.15, -0.1) is 0 Å². The standard InChI is InChI=1S/C15H27N3/c16-15(18-13-5-3-1-2-4-6-13)17-10-12-9-14(12)11-7-8-11/h11-14H,1-10H2,(H3,16,17,18)/t12-,14-/m0/s1. The number of hydrogen-bond acceptors (Lipinski definition) is 1. The Balaban J connectivity index is 1.38. The molecule has 0 aromatic carbocycles. The average molecular weight is 249 g/mol. The quantitative estimate of drug-likeness (QED) is 0.457. The second-order valence-corrected chi connectivity index (χ2v) is 6.56. The maximum absolute atomic E-state index is 6.01. The SMILES string of the molecule is NC(=NC[C@@H]1C[C@H]1C1CC1)NC1CCCCCC1. The summed E-state index contributed by atoms with van der Waals surface area (Å²) in [4.78, 5) is 4.55. The number of aliphatic imine (C=N–C) groups is 1. The molecule has 2 atom stereocenters. The molecule has 0 heterocycles. The molecule has 0 bridgehead atoms. The van der Waals surface area contributed by atoms with E-state index < -0.39 is 0 Å². The van der Waals surface area contributed by atoms with Crippen LogP contribution in [0.25, 0.3) is 0 Å². The molecule has 3 fully saturated rings. The summed E-state index contributed by atoms with van der Waals surface area (Å²) in [6.45, 7) is 0.965. The summed E-state index contributed by atoms with van der Waals surface area (Å²) in [5.41, 5.74) is 6.01. The summed E-state index contributed by atoms with van der Waals surface area (Å²) in [6, 6.07) is 0.578. The lowest BCUT2D eigenvalue weighted by Gasteiger charge is -2.16. The highest BCUT2D eigenvalue weighted by Crippen LogP contribution is 2.54. The molecule has 3 aliphatic rings. The van der Waals surface area contributed by atoms with Crippen molar-refractivity contribution in [2.75, 3.05) is 6.54 Å². The van der Waals surface area contributed by atoms with Crippen molar-refractivity contribution in [1.82, 2.24) is 5.32 Å². The molecule has 3 N–H and O–H groups in total. The normalized spacial score (nSPS) is 34.1. The van der Waals surface area contributed by atoms with Gasteiger partial charge in [-0.2, -0.15) is 0 Å². The molecule has 3 saturated carbocycles. The zero-order valence-corrected chi connectivity index (χ0v) is 11.4. The van der Waals surface area contributed by atoms with Crippen molar-refractivity contribution in [3.05, 3.63) is 0 Å². The molecule has 0 aliphatic heterocycles. The largest absolute Gasteiger partial charge is 0.370 e. The Morgan fingerprint density at radius 2 is 1.78 bits per heavy atom. The number of rotatable bonds is 4. The molecule has 0 unspecified atom stereocenters. The van der Waals surface area contributed by atoms with Crippen LogP contribution < -0.4 is 11.1 Å². The van der Waals surface area contributed by atoms with Gasteiger partial charge in [0, 0.05) is 12.6 Å². The van der Waals surface area contributed by atoms with Crippen LogP contribution in [-0.2, 0) is 0 Å². The molecule has 3 rings (SSSR count). The van der Waals surface area contributed by atoms with E-state index in [0.29, 0.717) is 12.0 Å². The molecule has 3 heteroatoms. The molecule has 102 valence electrons. The summed E-state index contributed by atoms with van der Waals surface area (Å²) in [5, 5.41) is 3.43. The van der Waals surface area contributed by atoms with Gasteiger partial charge in [0.2, 0.25) is 0 Å². The fraction of sp³-hybridized carbons (Fsp3) is 0.933. The molecular formula is C15H27N3. The second-order valence-electron chi connectivity index (χ2n) is 6.56. The van der Waals surface area contributed by atoms with Gasteiger partial charge in [-0.05, 0) is 49.9 Å². The van der Waals surface area contributed by atoms with E-state index in [1.165, 1.54) is 57.8 Å². The third-order valence-corrected chi connectivity index (χ3v) is 4.91. The van der Waals surface area contributed by atoms with Gasteiger partial charge in [0.15, 0.2) is 5.96 Å². The molecule has 0 aromatic heterocycles. The van der Waals surface area contributed by atoms with E-state index in [9.17, 15) is 0 Å². The Bertz CT molecular complexity index is 301. The number of nitrogens with one attached hydrogen (secondary N) is 1. The fourth-order valence-corrected chi connectivity index (χ4v) is 3.48. The molecule has 3 nitrogen and oxygen atoms in total.